The summed E-state index contributed by atoms with van der Waals surface area (Å²) >= 11 is 0. The molecule has 1 aliphatic carbocycles. The number of fused-ring (bicyclic) bond motifs is 1. The van der Waals surface area contributed by atoms with Gasteiger partial charge in [-0.2, -0.15) is 5.10 Å². The molecule has 8 nitrogen and oxygen atoms in total. The molecule has 8 heteroatoms. The third kappa shape index (κ3) is 2.10. The lowest BCUT2D eigenvalue weighted by atomic mass is 10.1. The lowest BCUT2D eigenvalue weighted by Crippen LogP contribution is -2.25. The minimum Gasteiger partial charge on any atom is -0.382 e. The molecule has 3 aromatic rings. The van der Waals surface area contributed by atoms with Crippen LogP contribution in [-0.4, -0.2) is 36.3 Å². The van der Waals surface area contributed by atoms with E-state index in [1.54, 1.807) is 12.4 Å². The highest BCUT2D eigenvalue weighted by molar-refractivity contribution is 5.83. The van der Waals surface area contributed by atoms with Gasteiger partial charge in [-0.1, -0.05) is 0 Å². The highest BCUT2D eigenvalue weighted by atomic mass is 15.3. The van der Waals surface area contributed by atoms with Crippen LogP contribution in [0.3, 0.4) is 0 Å². The van der Waals surface area contributed by atoms with Crippen molar-refractivity contribution in [2.45, 2.75) is 37.8 Å². The first kappa shape index (κ1) is 13.6. The van der Waals surface area contributed by atoms with E-state index in [2.05, 4.69) is 34.6 Å². The second-order valence-electron chi connectivity index (χ2n) is 6.49. The van der Waals surface area contributed by atoms with Gasteiger partial charge in [0.1, 0.15) is 12.1 Å². The molecule has 1 aliphatic heterocycles. The van der Waals surface area contributed by atoms with E-state index in [4.69, 9.17) is 5.73 Å². The Balaban J connectivity index is 1.57. The van der Waals surface area contributed by atoms with Crippen LogP contribution >= 0.6 is 0 Å². The fourth-order valence-electron chi connectivity index (χ4n) is 3.53. The lowest BCUT2D eigenvalue weighted by molar-refractivity contribution is 0.674. The highest BCUT2D eigenvalue weighted by Gasteiger charge is 2.32. The number of anilines is 2. The van der Waals surface area contributed by atoms with E-state index in [0.29, 0.717) is 11.9 Å². The molecule has 1 unspecified atom stereocenters. The monoisotopic (exact) mass is 322 g/mol. The molecule has 4 heterocycles. The molecule has 2 fully saturated rings. The van der Waals surface area contributed by atoms with Crippen molar-refractivity contribution in [3.63, 3.8) is 0 Å². The molecule has 0 aromatic carbocycles. The summed E-state index contributed by atoms with van der Waals surface area (Å²) in [5, 5.41) is 8.27. The summed E-state index contributed by atoms with van der Waals surface area (Å²) in [6, 6.07) is 4.46. The molecule has 0 radical (unpaired) electrons. The van der Waals surface area contributed by atoms with Crippen LogP contribution in [0.2, 0.25) is 0 Å². The van der Waals surface area contributed by atoms with E-state index >= 15 is 0 Å². The van der Waals surface area contributed by atoms with Crippen LogP contribution in [0.5, 0.6) is 0 Å². The number of nitrogen functional groups attached to an aromatic ring is 1. The fourth-order valence-corrected chi connectivity index (χ4v) is 3.53. The van der Waals surface area contributed by atoms with Crippen molar-refractivity contribution < 1.29 is 0 Å². The molecular formula is C16H18N8. The van der Waals surface area contributed by atoms with Crippen molar-refractivity contribution in [2.75, 3.05) is 17.2 Å². The number of nitrogens with zero attached hydrogens (tertiary/aromatic N) is 7. The molecule has 1 atom stereocenters. The van der Waals surface area contributed by atoms with Crippen LogP contribution in [0.4, 0.5) is 11.6 Å². The van der Waals surface area contributed by atoms with Gasteiger partial charge in [0.15, 0.2) is 17.0 Å². The summed E-state index contributed by atoms with van der Waals surface area (Å²) in [5.41, 5.74) is 8.39. The Hall–Kier alpha value is -2.77. The SMILES string of the molecule is Nc1ccc(C2CCCN2c2ncnc3c2ncn3C2CC2)nn1. The molecule has 0 bridgehead atoms. The van der Waals surface area contributed by atoms with E-state index < -0.39 is 0 Å². The maximum atomic E-state index is 5.66. The van der Waals surface area contributed by atoms with Gasteiger partial charge < -0.3 is 15.2 Å². The number of hydrogen-bond acceptors (Lipinski definition) is 7. The standard InChI is InChI=1S/C16H18N8/c17-13-6-5-11(21-22-13)12-2-1-7-23(12)15-14-16(19-8-18-15)24(9-20-14)10-3-4-10/h5-6,8-10,12H,1-4,7H2,(H2,17,22). The molecule has 24 heavy (non-hydrogen) atoms. The maximum absolute atomic E-state index is 5.66. The van der Waals surface area contributed by atoms with E-state index in [-0.39, 0.29) is 6.04 Å². The van der Waals surface area contributed by atoms with Gasteiger partial charge in [-0.3, -0.25) is 0 Å². The quantitative estimate of drug-likeness (QED) is 0.786. The summed E-state index contributed by atoms with van der Waals surface area (Å²) in [4.78, 5) is 15.9. The predicted octanol–water partition coefficient (Wildman–Crippen LogP) is 1.87. The summed E-state index contributed by atoms with van der Waals surface area (Å²) in [7, 11) is 0. The van der Waals surface area contributed by atoms with Gasteiger partial charge >= 0.3 is 0 Å². The van der Waals surface area contributed by atoms with Crippen molar-refractivity contribution in [2.24, 2.45) is 0 Å². The largest absolute Gasteiger partial charge is 0.382 e. The Bertz CT molecular complexity index is 883. The van der Waals surface area contributed by atoms with Gasteiger partial charge in [-0.05, 0) is 37.8 Å². The number of hydrogen-bond donors (Lipinski definition) is 1. The molecule has 122 valence electrons. The zero-order valence-electron chi connectivity index (χ0n) is 13.2. The average molecular weight is 322 g/mol. The Labute approximate surface area is 138 Å². The second-order valence-corrected chi connectivity index (χ2v) is 6.49. The van der Waals surface area contributed by atoms with E-state index in [1.165, 1.54) is 12.8 Å². The van der Waals surface area contributed by atoms with E-state index in [1.807, 2.05) is 12.4 Å². The van der Waals surface area contributed by atoms with Crippen molar-refractivity contribution in [1.29, 1.82) is 0 Å². The third-order valence-electron chi connectivity index (χ3n) is 4.85. The third-order valence-corrected chi connectivity index (χ3v) is 4.85. The number of aromatic nitrogens is 6. The molecule has 5 rings (SSSR count). The smallest absolute Gasteiger partial charge is 0.165 e. The van der Waals surface area contributed by atoms with Crippen molar-refractivity contribution in [1.82, 2.24) is 29.7 Å². The molecule has 3 aromatic heterocycles. The summed E-state index contributed by atoms with van der Waals surface area (Å²) in [6.45, 7) is 0.930. The molecule has 1 saturated carbocycles. The molecular weight excluding hydrogens is 304 g/mol. The molecule has 0 amide bonds. The maximum Gasteiger partial charge on any atom is 0.165 e. The fraction of sp³-hybridized carbons (Fsp3) is 0.438. The van der Waals surface area contributed by atoms with Crippen molar-refractivity contribution in [3.05, 3.63) is 30.5 Å². The van der Waals surface area contributed by atoms with E-state index in [0.717, 1.165) is 42.1 Å². The Morgan fingerprint density at radius 1 is 1.04 bits per heavy atom. The number of nitrogens with two attached hydrogens (primary N) is 1. The second kappa shape index (κ2) is 5.12. The Kier molecular flexibility index (Phi) is 2.91. The summed E-state index contributed by atoms with van der Waals surface area (Å²) < 4.78 is 2.18. The molecule has 1 saturated heterocycles. The van der Waals surface area contributed by atoms with Gasteiger partial charge in [0.2, 0.25) is 0 Å². The zero-order valence-corrected chi connectivity index (χ0v) is 13.2. The summed E-state index contributed by atoms with van der Waals surface area (Å²) in [5.74, 6) is 1.33. The first-order valence-corrected chi connectivity index (χ1v) is 8.34. The lowest BCUT2D eigenvalue weighted by Gasteiger charge is -2.25. The van der Waals surface area contributed by atoms with Crippen LogP contribution in [0, 0.1) is 0 Å². The van der Waals surface area contributed by atoms with Crippen LogP contribution in [0.1, 0.15) is 43.5 Å². The first-order valence-electron chi connectivity index (χ1n) is 8.34. The van der Waals surface area contributed by atoms with Gasteiger partial charge in [-0.15, -0.1) is 5.10 Å². The van der Waals surface area contributed by atoms with Gasteiger partial charge in [-0.25, -0.2) is 15.0 Å². The zero-order chi connectivity index (χ0) is 16.1. The topological polar surface area (TPSA) is 98.6 Å². The van der Waals surface area contributed by atoms with E-state index in [9.17, 15) is 0 Å². The van der Waals surface area contributed by atoms with Gasteiger partial charge in [0, 0.05) is 12.6 Å². The molecule has 2 N–H and O–H groups in total. The van der Waals surface area contributed by atoms with Crippen LogP contribution in [0.15, 0.2) is 24.8 Å². The van der Waals surface area contributed by atoms with Crippen molar-refractivity contribution in [3.8, 4) is 0 Å². The van der Waals surface area contributed by atoms with Crippen LogP contribution < -0.4 is 10.6 Å². The molecule has 2 aliphatic rings. The van der Waals surface area contributed by atoms with Crippen LogP contribution in [0.25, 0.3) is 11.2 Å². The molecule has 0 spiro atoms. The van der Waals surface area contributed by atoms with Crippen molar-refractivity contribution >= 4 is 22.8 Å². The number of imidazole rings is 1. The predicted molar refractivity (Wildman–Crippen MR) is 89.4 cm³/mol. The summed E-state index contributed by atoms with van der Waals surface area (Å²) in [6.07, 6.45) is 8.06. The van der Waals surface area contributed by atoms with Gasteiger partial charge in [0.25, 0.3) is 0 Å². The van der Waals surface area contributed by atoms with Gasteiger partial charge in [0.05, 0.1) is 18.1 Å². The Morgan fingerprint density at radius 3 is 2.75 bits per heavy atom. The Morgan fingerprint density at radius 2 is 1.96 bits per heavy atom. The number of rotatable bonds is 3. The normalized spacial score (nSPS) is 20.8. The minimum atomic E-state index is 0.155. The average Bonchev–Trinajstić information content (AvgIpc) is 3.17. The minimum absolute atomic E-state index is 0.155. The first-order chi connectivity index (χ1) is 11.8. The van der Waals surface area contributed by atoms with Crippen LogP contribution in [-0.2, 0) is 0 Å². The highest BCUT2D eigenvalue weighted by Crippen LogP contribution is 2.40.